The quantitative estimate of drug-likeness (QED) is 0.819. The van der Waals surface area contributed by atoms with Gasteiger partial charge in [-0.25, -0.2) is 8.78 Å². The van der Waals surface area contributed by atoms with E-state index in [-0.39, 0.29) is 5.69 Å². The van der Waals surface area contributed by atoms with Crippen LogP contribution in [-0.2, 0) is 0 Å². The first-order valence-electron chi connectivity index (χ1n) is 5.63. The Hall–Kier alpha value is -2.10. The Balaban J connectivity index is 1.82. The molecular formula is C14H13F2NO. The van der Waals surface area contributed by atoms with Gasteiger partial charge in [0.15, 0.2) is 0 Å². The minimum Gasteiger partial charge on any atom is -0.492 e. The number of halogens is 2. The zero-order valence-corrected chi connectivity index (χ0v) is 9.70. The van der Waals surface area contributed by atoms with Crippen LogP contribution in [0.1, 0.15) is 0 Å². The van der Waals surface area contributed by atoms with Crippen LogP contribution < -0.4 is 10.1 Å². The van der Waals surface area contributed by atoms with Gasteiger partial charge >= 0.3 is 0 Å². The predicted octanol–water partition coefficient (Wildman–Crippen LogP) is 3.46. The molecule has 1 N–H and O–H groups in total. The number of benzene rings is 2. The van der Waals surface area contributed by atoms with Crippen LogP contribution in [0.5, 0.6) is 5.75 Å². The van der Waals surface area contributed by atoms with Gasteiger partial charge in [0.1, 0.15) is 29.7 Å². The van der Waals surface area contributed by atoms with Gasteiger partial charge in [0.05, 0.1) is 0 Å². The lowest BCUT2D eigenvalue weighted by atomic mass is 10.3. The summed E-state index contributed by atoms with van der Waals surface area (Å²) in [7, 11) is 0. The van der Waals surface area contributed by atoms with E-state index >= 15 is 0 Å². The van der Waals surface area contributed by atoms with Crippen LogP contribution in [-0.4, -0.2) is 13.2 Å². The van der Waals surface area contributed by atoms with Crippen molar-refractivity contribution < 1.29 is 13.5 Å². The maximum Gasteiger partial charge on any atom is 0.149 e. The summed E-state index contributed by atoms with van der Waals surface area (Å²) in [6, 6.07) is 13.0. The van der Waals surface area contributed by atoms with Crippen LogP contribution >= 0.6 is 0 Å². The fraction of sp³-hybridized carbons (Fsp3) is 0.143. The Labute approximate surface area is 104 Å². The number of anilines is 1. The van der Waals surface area contributed by atoms with Gasteiger partial charge in [-0.2, -0.15) is 0 Å². The lowest BCUT2D eigenvalue weighted by Crippen LogP contribution is -2.13. The minimum absolute atomic E-state index is 0.117. The van der Waals surface area contributed by atoms with E-state index in [1.807, 2.05) is 30.3 Å². The average Bonchev–Trinajstić information content (AvgIpc) is 2.38. The highest BCUT2D eigenvalue weighted by molar-refractivity contribution is 5.45. The van der Waals surface area contributed by atoms with Crippen LogP contribution in [0.15, 0.2) is 48.5 Å². The Bertz CT molecular complexity index is 482. The Morgan fingerprint density at radius 2 is 1.56 bits per heavy atom. The Morgan fingerprint density at radius 3 is 2.22 bits per heavy atom. The van der Waals surface area contributed by atoms with Crippen LogP contribution in [0.4, 0.5) is 14.5 Å². The third-order valence-electron chi connectivity index (χ3n) is 2.38. The highest BCUT2D eigenvalue weighted by Crippen LogP contribution is 2.17. The lowest BCUT2D eigenvalue weighted by Gasteiger charge is -2.09. The van der Waals surface area contributed by atoms with Crippen molar-refractivity contribution in [1.29, 1.82) is 0 Å². The topological polar surface area (TPSA) is 21.3 Å². The van der Waals surface area contributed by atoms with Gasteiger partial charge in [-0.05, 0) is 24.3 Å². The van der Waals surface area contributed by atoms with Gasteiger partial charge in [0.25, 0.3) is 0 Å². The molecule has 0 atom stereocenters. The van der Waals surface area contributed by atoms with Gasteiger partial charge in [0, 0.05) is 6.54 Å². The number of rotatable bonds is 5. The van der Waals surface area contributed by atoms with E-state index in [9.17, 15) is 8.78 Å². The molecule has 4 heteroatoms. The first kappa shape index (κ1) is 12.4. The molecule has 0 radical (unpaired) electrons. The molecule has 2 rings (SSSR count). The number of hydrogen-bond donors (Lipinski definition) is 1. The SMILES string of the molecule is Fc1cccc(F)c1NCCOc1ccccc1. The first-order chi connectivity index (χ1) is 8.77. The molecule has 2 nitrogen and oxygen atoms in total. The smallest absolute Gasteiger partial charge is 0.149 e. The van der Waals surface area contributed by atoms with E-state index in [2.05, 4.69) is 5.32 Å². The highest BCUT2D eigenvalue weighted by Gasteiger charge is 2.06. The van der Waals surface area contributed by atoms with Crippen molar-refractivity contribution in [1.82, 2.24) is 0 Å². The van der Waals surface area contributed by atoms with Gasteiger partial charge in [-0.15, -0.1) is 0 Å². The molecule has 18 heavy (non-hydrogen) atoms. The third-order valence-corrected chi connectivity index (χ3v) is 2.38. The summed E-state index contributed by atoms with van der Waals surface area (Å²) in [4.78, 5) is 0. The van der Waals surface area contributed by atoms with Crippen molar-refractivity contribution in [2.24, 2.45) is 0 Å². The molecule has 0 aliphatic carbocycles. The second-order valence-electron chi connectivity index (χ2n) is 3.68. The summed E-state index contributed by atoms with van der Waals surface area (Å²) >= 11 is 0. The van der Waals surface area contributed by atoms with Gasteiger partial charge in [0.2, 0.25) is 0 Å². The number of ether oxygens (including phenoxy) is 1. The second-order valence-corrected chi connectivity index (χ2v) is 3.68. The summed E-state index contributed by atoms with van der Waals surface area (Å²) in [5.74, 6) is -0.474. The molecule has 0 amide bonds. The summed E-state index contributed by atoms with van der Waals surface area (Å²) < 4.78 is 31.9. The Morgan fingerprint density at radius 1 is 0.889 bits per heavy atom. The minimum atomic E-state index is -0.602. The zero-order valence-electron chi connectivity index (χ0n) is 9.70. The van der Waals surface area contributed by atoms with Crippen molar-refractivity contribution in [3.8, 4) is 5.75 Å². The van der Waals surface area contributed by atoms with E-state index in [0.717, 1.165) is 5.75 Å². The predicted molar refractivity (Wildman–Crippen MR) is 66.8 cm³/mol. The van der Waals surface area contributed by atoms with Gasteiger partial charge < -0.3 is 10.1 Å². The molecule has 0 heterocycles. The van der Waals surface area contributed by atoms with Crippen LogP contribution in [0.25, 0.3) is 0 Å². The molecule has 0 fully saturated rings. The van der Waals surface area contributed by atoms with Crippen molar-refractivity contribution in [2.75, 3.05) is 18.5 Å². The fourth-order valence-electron chi connectivity index (χ4n) is 1.53. The van der Waals surface area contributed by atoms with E-state index in [4.69, 9.17) is 4.74 Å². The summed E-state index contributed by atoms with van der Waals surface area (Å²) in [5.41, 5.74) is -0.117. The fourth-order valence-corrected chi connectivity index (χ4v) is 1.53. The van der Waals surface area contributed by atoms with Crippen molar-refractivity contribution in [2.45, 2.75) is 0 Å². The summed E-state index contributed by atoms with van der Waals surface area (Å²) in [5, 5.41) is 2.68. The van der Waals surface area contributed by atoms with Crippen molar-refractivity contribution in [3.05, 3.63) is 60.2 Å². The molecule has 2 aromatic rings. The summed E-state index contributed by atoms with van der Waals surface area (Å²) in [6.07, 6.45) is 0. The largest absolute Gasteiger partial charge is 0.492 e. The van der Waals surface area contributed by atoms with E-state index in [1.54, 1.807) is 0 Å². The summed E-state index contributed by atoms with van der Waals surface area (Å²) in [6.45, 7) is 0.657. The first-order valence-corrected chi connectivity index (χ1v) is 5.63. The third kappa shape index (κ3) is 3.20. The van der Waals surface area contributed by atoms with E-state index in [1.165, 1.54) is 18.2 Å². The molecule has 0 saturated carbocycles. The molecule has 0 spiro atoms. The number of para-hydroxylation sites is 2. The number of nitrogens with one attached hydrogen (secondary N) is 1. The molecule has 94 valence electrons. The maximum absolute atomic E-state index is 13.3. The van der Waals surface area contributed by atoms with E-state index < -0.39 is 11.6 Å². The van der Waals surface area contributed by atoms with Crippen molar-refractivity contribution in [3.63, 3.8) is 0 Å². The van der Waals surface area contributed by atoms with Crippen LogP contribution in [0, 0.1) is 11.6 Å². The molecule has 2 aromatic carbocycles. The van der Waals surface area contributed by atoms with Crippen LogP contribution in [0.2, 0.25) is 0 Å². The van der Waals surface area contributed by atoms with Gasteiger partial charge in [-0.1, -0.05) is 24.3 Å². The molecule has 0 aliphatic heterocycles. The average molecular weight is 249 g/mol. The van der Waals surface area contributed by atoms with E-state index in [0.29, 0.717) is 13.2 Å². The second kappa shape index (κ2) is 6.00. The van der Waals surface area contributed by atoms with Gasteiger partial charge in [-0.3, -0.25) is 0 Å². The normalized spacial score (nSPS) is 10.1. The standard InChI is InChI=1S/C14H13F2NO/c15-12-7-4-8-13(16)14(12)17-9-10-18-11-5-2-1-3-6-11/h1-8,17H,9-10H2. The molecule has 0 aliphatic rings. The zero-order chi connectivity index (χ0) is 12.8. The molecular weight excluding hydrogens is 236 g/mol. The number of hydrogen-bond acceptors (Lipinski definition) is 2. The maximum atomic E-state index is 13.3. The molecule has 0 bridgehead atoms. The van der Waals surface area contributed by atoms with Crippen molar-refractivity contribution >= 4 is 5.69 Å². The Kier molecular flexibility index (Phi) is 4.12. The van der Waals surface area contributed by atoms with Crippen LogP contribution in [0.3, 0.4) is 0 Å². The molecule has 0 unspecified atom stereocenters. The molecule has 0 aromatic heterocycles. The monoisotopic (exact) mass is 249 g/mol. The highest BCUT2D eigenvalue weighted by atomic mass is 19.1. The lowest BCUT2D eigenvalue weighted by molar-refractivity contribution is 0.332. The molecule has 0 saturated heterocycles.